The van der Waals surface area contributed by atoms with Gasteiger partial charge in [-0.3, -0.25) is 4.79 Å². The second-order valence-electron chi connectivity index (χ2n) is 7.05. The summed E-state index contributed by atoms with van der Waals surface area (Å²) in [6.07, 6.45) is 4.43. The summed E-state index contributed by atoms with van der Waals surface area (Å²) in [5, 5.41) is 0. The number of hydrogen-bond donors (Lipinski definition) is 0. The Balaban J connectivity index is 2.44. The fourth-order valence-electron chi connectivity index (χ4n) is 5.26. The topological polar surface area (TPSA) is 17.1 Å². The van der Waals surface area contributed by atoms with E-state index >= 15 is 0 Å². The predicted octanol–water partition coefficient (Wildman–Crippen LogP) is 4.06. The summed E-state index contributed by atoms with van der Waals surface area (Å²) in [6.45, 7) is 11.7. The highest BCUT2D eigenvalue weighted by Crippen LogP contribution is 2.64. The average molecular weight is 222 g/mol. The number of ketones is 1. The fourth-order valence-corrected chi connectivity index (χ4v) is 5.26. The molecule has 2 saturated carbocycles. The maximum absolute atomic E-state index is 12.2. The van der Waals surface area contributed by atoms with Gasteiger partial charge >= 0.3 is 0 Å². The monoisotopic (exact) mass is 222 g/mol. The molecule has 2 aliphatic rings. The third-order valence-electron chi connectivity index (χ3n) is 5.65. The standard InChI is InChI=1S/C15H26O/c1-6-12-14(2,3)10-8-7-9-11(16)13(10)15(12,4)5/h10,12-13H,6-9H2,1-5H3. The maximum atomic E-state index is 12.2. The minimum absolute atomic E-state index is 0.209. The van der Waals surface area contributed by atoms with E-state index in [4.69, 9.17) is 0 Å². The van der Waals surface area contributed by atoms with Crippen LogP contribution in [0.1, 0.15) is 60.3 Å². The van der Waals surface area contributed by atoms with Gasteiger partial charge in [-0.15, -0.1) is 0 Å². The minimum atomic E-state index is 0.209. The SMILES string of the molecule is CCC1C(C)(C)C2CCCC(=O)C2C1(C)C. The number of rotatable bonds is 1. The zero-order chi connectivity index (χ0) is 12.1. The molecule has 0 aliphatic heterocycles. The summed E-state index contributed by atoms with van der Waals surface area (Å²) in [7, 11) is 0. The summed E-state index contributed by atoms with van der Waals surface area (Å²) in [5.41, 5.74) is 0.555. The molecule has 0 aromatic rings. The van der Waals surface area contributed by atoms with Crippen LogP contribution in [0.3, 0.4) is 0 Å². The van der Waals surface area contributed by atoms with Gasteiger partial charge in [0.1, 0.15) is 5.78 Å². The average Bonchev–Trinajstić information content (AvgIpc) is 2.31. The molecule has 0 aromatic heterocycles. The van der Waals surface area contributed by atoms with Gasteiger partial charge in [-0.2, -0.15) is 0 Å². The van der Waals surface area contributed by atoms with Crippen LogP contribution in [-0.4, -0.2) is 5.78 Å². The molecule has 1 heteroatoms. The summed E-state index contributed by atoms with van der Waals surface area (Å²) in [4.78, 5) is 12.2. The van der Waals surface area contributed by atoms with Crippen LogP contribution in [0.4, 0.5) is 0 Å². The van der Waals surface area contributed by atoms with Crippen molar-refractivity contribution in [3.63, 3.8) is 0 Å². The Hall–Kier alpha value is -0.330. The minimum Gasteiger partial charge on any atom is -0.299 e. The van der Waals surface area contributed by atoms with Crippen molar-refractivity contribution in [1.29, 1.82) is 0 Å². The molecule has 1 nitrogen and oxygen atoms in total. The highest BCUT2D eigenvalue weighted by Gasteiger charge is 2.61. The van der Waals surface area contributed by atoms with Gasteiger partial charge in [-0.1, -0.05) is 41.0 Å². The molecule has 0 bridgehead atoms. The lowest BCUT2D eigenvalue weighted by Crippen LogP contribution is -2.35. The summed E-state index contributed by atoms with van der Waals surface area (Å²) in [5.74, 6) is 2.21. The van der Waals surface area contributed by atoms with Crippen LogP contribution in [-0.2, 0) is 4.79 Å². The summed E-state index contributed by atoms with van der Waals surface area (Å²) < 4.78 is 0. The molecule has 2 rings (SSSR count). The number of hydrogen-bond acceptors (Lipinski definition) is 1. The van der Waals surface area contributed by atoms with Crippen LogP contribution < -0.4 is 0 Å². The molecule has 3 atom stereocenters. The van der Waals surface area contributed by atoms with Gasteiger partial charge in [-0.05, 0) is 35.5 Å². The third kappa shape index (κ3) is 1.39. The first-order chi connectivity index (χ1) is 7.33. The van der Waals surface area contributed by atoms with Crippen molar-refractivity contribution in [2.24, 2.45) is 28.6 Å². The first-order valence-corrected chi connectivity index (χ1v) is 6.86. The lowest BCUT2D eigenvalue weighted by atomic mass is 9.68. The third-order valence-corrected chi connectivity index (χ3v) is 5.65. The molecule has 0 spiro atoms. The molecule has 2 aliphatic carbocycles. The van der Waals surface area contributed by atoms with E-state index in [0.29, 0.717) is 29.0 Å². The Morgan fingerprint density at radius 2 is 1.81 bits per heavy atom. The van der Waals surface area contributed by atoms with E-state index in [2.05, 4.69) is 34.6 Å². The van der Waals surface area contributed by atoms with Crippen molar-refractivity contribution >= 4 is 5.78 Å². The van der Waals surface area contributed by atoms with Crippen LogP contribution in [0.5, 0.6) is 0 Å². The highest BCUT2D eigenvalue weighted by atomic mass is 16.1. The number of carbonyl (C=O) groups is 1. The second-order valence-corrected chi connectivity index (χ2v) is 7.05. The Morgan fingerprint density at radius 1 is 1.19 bits per heavy atom. The zero-order valence-corrected chi connectivity index (χ0v) is 11.5. The molecule has 92 valence electrons. The van der Waals surface area contributed by atoms with E-state index in [-0.39, 0.29) is 5.41 Å². The number of carbonyl (C=O) groups excluding carboxylic acids is 1. The van der Waals surface area contributed by atoms with Gasteiger partial charge < -0.3 is 0 Å². The van der Waals surface area contributed by atoms with Gasteiger partial charge in [0.25, 0.3) is 0 Å². The molecule has 0 aromatic carbocycles. The number of Topliss-reactive ketones (excluding diaryl/α,β-unsaturated/α-hetero) is 1. The van der Waals surface area contributed by atoms with Crippen molar-refractivity contribution < 1.29 is 4.79 Å². The molecular weight excluding hydrogens is 196 g/mol. The van der Waals surface area contributed by atoms with E-state index in [1.54, 1.807) is 0 Å². The lowest BCUT2D eigenvalue weighted by Gasteiger charge is -2.36. The largest absolute Gasteiger partial charge is 0.299 e. The quantitative estimate of drug-likeness (QED) is 0.654. The summed E-state index contributed by atoms with van der Waals surface area (Å²) in [6, 6.07) is 0. The molecule has 16 heavy (non-hydrogen) atoms. The van der Waals surface area contributed by atoms with Gasteiger partial charge in [0.15, 0.2) is 0 Å². The van der Waals surface area contributed by atoms with Gasteiger partial charge in [0, 0.05) is 12.3 Å². The fraction of sp³-hybridized carbons (Fsp3) is 0.933. The van der Waals surface area contributed by atoms with E-state index in [1.165, 1.54) is 12.8 Å². The highest BCUT2D eigenvalue weighted by molar-refractivity contribution is 5.83. The smallest absolute Gasteiger partial charge is 0.136 e. The molecule has 0 saturated heterocycles. The molecule has 0 N–H and O–H groups in total. The first kappa shape index (κ1) is 12.1. The molecule has 0 amide bonds. The Kier molecular flexibility index (Phi) is 2.72. The van der Waals surface area contributed by atoms with Crippen LogP contribution >= 0.6 is 0 Å². The van der Waals surface area contributed by atoms with Crippen molar-refractivity contribution in [3.8, 4) is 0 Å². The van der Waals surface area contributed by atoms with E-state index in [1.807, 2.05) is 0 Å². The second kappa shape index (κ2) is 3.58. The van der Waals surface area contributed by atoms with Crippen molar-refractivity contribution in [2.75, 3.05) is 0 Å². The molecule has 0 heterocycles. The summed E-state index contributed by atoms with van der Waals surface area (Å²) >= 11 is 0. The molecule has 2 fully saturated rings. The first-order valence-electron chi connectivity index (χ1n) is 6.86. The zero-order valence-electron chi connectivity index (χ0n) is 11.5. The molecule has 0 radical (unpaired) electrons. The van der Waals surface area contributed by atoms with E-state index < -0.39 is 0 Å². The molecule has 3 unspecified atom stereocenters. The van der Waals surface area contributed by atoms with Crippen LogP contribution in [0, 0.1) is 28.6 Å². The Morgan fingerprint density at radius 3 is 2.31 bits per heavy atom. The van der Waals surface area contributed by atoms with Gasteiger partial charge in [-0.25, -0.2) is 0 Å². The van der Waals surface area contributed by atoms with Crippen molar-refractivity contribution in [1.82, 2.24) is 0 Å². The molecular formula is C15H26O. The van der Waals surface area contributed by atoms with Crippen LogP contribution in [0.25, 0.3) is 0 Å². The van der Waals surface area contributed by atoms with Crippen LogP contribution in [0.15, 0.2) is 0 Å². The maximum Gasteiger partial charge on any atom is 0.136 e. The van der Waals surface area contributed by atoms with Crippen molar-refractivity contribution in [3.05, 3.63) is 0 Å². The van der Waals surface area contributed by atoms with Crippen molar-refractivity contribution in [2.45, 2.75) is 60.3 Å². The lowest BCUT2D eigenvalue weighted by molar-refractivity contribution is -0.130. The Labute approximate surface area is 100.0 Å². The van der Waals surface area contributed by atoms with E-state index in [0.717, 1.165) is 12.8 Å². The van der Waals surface area contributed by atoms with Crippen LogP contribution in [0.2, 0.25) is 0 Å². The normalized spacial score (nSPS) is 40.8. The Bertz CT molecular complexity index is 301. The van der Waals surface area contributed by atoms with Gasteiger partial charge in [0.05, 0.1) is 0 Å². The number of fused-ring (bicyclic) bond motifs is 1. The van der Waals surface area contributed by atoms with Gasteiger partial charge in [0.2, 0.25) is 0 Å². The van der Waals surface area contributed by atoms with E-state index in [9.17, 15) is 4.79 Å². The predicted molar refractivity (Wildman–Crippen MR) is 67.2 cm³/mol.